The third kappa shape index (κ3) is 7.56. The predicted molar refractivity (Wildman–Crippen MR) is 60.1 cm³/mol. The van der Waals surface area contributed by atoms with Gasteiger partial charge in [0, 0.05) is 0 Å². The summed E-state index contributed by atoms with van der Waals surface area (Å²) in [5.41, 5.74) is -2.73. The van der Waals surface area contributed by atoms with Gasteiger partial charge in [-0.3, -0.25) is 0 Å². The second-order valence-electron chi connectivity index (χ2n) is 2.85. The van der Waals surface area contributed by atoms with Crippen LogP contribution < -0.4 is 0 Å². The van der Waals surface area contributed by atoms with Crippen molar-refractivity contribution in [1.29, 1.82) is 0 Å². The summed E-state index contributed by atoms with van der Waals surface area (Å²) in [6.45, 7) is 4.79. The summed E-state index contributed by atoms with van der Waals surface area (Å²) >= 11 is 8.44. The van der Waals surface area contributed by atoms with E-state index in [4.69, 9.17) is 9.42 Å². The van der Waals surface area contributed by atoms with E-state index in [1.54, 1.807) is 0 Å². The van der Waals surface area contributed by atoms with Gasteiger partial charge in [0.05, 0.1) is 6.61 Å². The third-order valence-electron chi connectivity index (χ3n) is 1.75. The van der Waals surface area contributed by atoms with Crippen LogP contribution in [0.3, 0.4) is 0 Å². The van der Waals surface area contributed by atoms with Crippen LogP contribution in [0.4, 0.5) is 0 Å². The second-order valence-corrected chi connectivity index (χ2v) is 8.01. The van der Waals surface area contributed by atoms with Crippen molar-refractivity contribution in [2.45, 2.75) is 33.1 Å². The van der Waals surface area contributed by atoms with E-state index in [1.807, 2.05) is 0 Å². The topological polar surface area (TPSA) is 29.5 Å². The predicted octanol–water partition coefficient (Wildman–Crippen LogP) is 2.98. The largest absolute Gasteiger partial charge is 0.338 e. The molecule has 0 aromatic heterocycles. The quantitative estimate of drug-likeness (QED) is 0.541. The Labute approximate surface area is 85.0 Å². The molecule has 2 nitrogen and oxygen atoms in total. The summed E-state index contributed by atoms with van der Waals surface area (Å²) in [7, 11) is 0. The van der Waals surface area contributed by atoms with E-state index in [2.05, 4.69) is 37.9 Å². The standard InChI is InChI=1S/C7H17O2PS2/c1-3-5-7(4-2)6-9-10(8,11)12/h7H,3-6H2,1-2H3,(H2,8,11,12). The van der Waals surface area contributed by atoms with Crippen molar-refractivity contribution in [1.82, 2.24) is 0 Å². The van der Waals surface area contributed by atoms with Gasteiger partial charge in [-0.25, -0.2) is 0 Å². The van der Waals surface area contributed by atoms with E-state index in [0.717, 1.165) is 19.3 Å². The molecule has 2 atom stereocenters. The molecule has 0 bridgehead atoms. The number of thiol groups is 1. The van der Waals surface area contributed by atoms with E-state index in [0.29, 0.717) is 12.5 Å². The zero-order chi connectivity index (χ0) is 9.61. The number of rotatable bonds is 6. The Kier molecular flexibility index (Phi) is 6.87. The summed E-state index contributed by atoms with van der Waals surface area (Å²) in [6.07, 6.45) is 3.33. The highest BCUT2D eigenvalue weighted by Gasteiger charge is 2.11. The molecule has 0 aromatic rings. The SMILES string of the molecule is CCCC(CC)COP(O)(=S)S. The molecule has 0 aliphatic heterocycles. The maximum absolute atomic E-state index is 9.10. The molecule has 0 heterocycles. The van der Waals surface area contributed by atoms with Crippen LogP contribution in [-0.4, -0.2) is 11.5 Å². The fourth-order valence-electron chi connectivity index (χ4n) is 1.02. The monoisotopic (exact) mass is 228 g/mol. The lowest BCUT2D eigenvalue weighted by Crippen LogP contribution is -2.06. The van der Waals surface area contributed by atoms with Crippen molar-refractivity contribution in [3.63, 3.8) is 0 Å². The Hall–Kier alpha value is 0.920. The molecule has 0 aliphatic carbocycles. The minimum Gasteiger partial charge on any atom is -0.338 e. The summed E-state index contributed by atoms with van der Waals surface area (Å²) in [5.74, 6) is 0.511. The zero-order valence-corrected chi connectivity index (χ0v) is 10.2. The lowest BCUT2D eigenvalue weighted by atomic mass is 10.0. The lowest BCUT2D eigenvalue weighted by Gasteiger charge is -2.16. The van der Waals surface area contributed by atoms with Gasteiger partial charge in [-0.1, -0.05) is 38.9 Å². The highest BCUT2D eigenvalue weighted by molar-refractivity contribution is 8.59. The van der Waals surface area contributed by atoms with Gasteiger partial charge in [0.25, 0.3) is 0 Å². The van der Waals surface area contributed by atoms with Gasteiger partial charge in [-0.15, -0.1) is 0 Å². The van der Waals surface area contributed by atoms with Gasteiger partial charge in [0.15, 0.2) is 0 Å². The van der Waals surface area contributed by atoms with Crippen LogP contribution in [0.5, 0.6) is 0 Å². The molecule has 1 N–H and O–H groups in total. The Balaban J connectivity index is 3.65. The lowest BCUT2D eigenvalue weighted by molar-refractivity contribution is 0.240. The van der Waals surface area contributed by atoms with Crippen molar-refractivity contribution in [2.75, 3.05) is 6.61 Å². The first-order valence-electron chi connectivity index (χ1n) is 4.19. The number of hydrogen-bond donors (Lipinski definition) is 2. The zero-order valence-electron chi connectivity index (χ0n) is 7.56. The average Bonchev–Trinajstić information content (AvgIpc) is 1.96. The summed E-state index contributed by atoms with van der Waals surface area (Å²) in [6, 6.07) is 0. The minimum absolute atomic E-state index is 0.511. The molecule has 0 fully saturated rings. The second kappa shape index (κ2) is 6.39. The Morgan fingerprint density at radius 3 is 2.50 bits per heavy atom. The third-order valence-corrected chi connectivity index (χ3v) is 2.90. The molecule has 0 radical (unpaired) electrons. The number of hydrogen-bond acceptors (Lipinski definition) is 2. The Morgan fingerprint density at radius 2 is 2.17 bits per heavy atom. The van der Waals surface area contributed by atoms with Crippen LogP contribution in [0, 0.1) is 5.92 Å². The van der Waals surface area contributed by atoms with Gasteiger partial charge in [0.1, 0.15) is 0 Å². The van der Waals surface area contributed by atoms with E-state index in [1.165, 1.54) is 0 Å². The van der Waals surface area contributed by atoms with Crippen LogP contribution in [0.2, 0.25) is 0 Å². The van der Waals surface area contributed by atoms with Crippen molar-refractivity contribution < 1.29 is 9.42 Å². The highest BCUT2D eigenvalue weighted by atomic mass is 32.9. The van der Waals surface area contributed by atoms with Crippen molar-refractivity contribution in [3.05, 3.63) is 0 Å². The van der Waals surface area contributed by atoms with Gasteiger partial charge >= 0.3 is 0 Å². The molecule has 0 aliphatic rings. The maximum atomic E-state index is 9.10. The van der Waals surface area contributed by atoms with Crippen molar-refractivity contribution in [3.8, 4) is 0 Å². The van der Waals surface area contributed by atoms with Gasteiger partial charge in [-0.2, -0.15) is 0 Å². The molecule has 5 heteroatoms. The van der Waals surface area contributed by atoms with Crippen LogP contribution in [0.25, 0.3) is 0 Å². The molecule has 12 heavy (non-hydrogen) atoms. The first-order chi connectivity index (χ1) is 5.49. The molecular weight excluding hydrogens is 211 g/mol. The Morgan fingerprint density at radius 1 is 1.58 bits per heavy atom. The molecule has 0 saturated heterocycles. The first-order valence-corrected chi connectivity index (χ1v) is 8.02. The summed E-state index contributed by atoms with van der Waals surface area (Å²) in [4.78, 5) is 9.10. The van der Waals surface area contributed by atoms with Crippen molar-refractivity contribution in [2.24, 2.45) is 5.92 Å². The molecule has 74 valence electrons. The van der Waals surface area contributed by atoms with E-state index in [9.17, 15) is 0 Å². The summed E-state index contributed by atoms with van der Waals surface area (Å²) in [5, 5.41) is 0. The summed E-state index contributed by atoms with van der Waals surface area (Å²) < 4.78 is 5.08. The average molecular weight is 228 g/mol. The van der Waals surface area contributed by atoms with Crippen LogP contribution in [-0.2, 0) is 16.3 Å². The van der Waals surface area contributed by atoms with Gasteiger partial charge < -0.3 is 9.42 Å². The Bertz CT molecular complexity index is 157. The molecule has 0 spiro atoms. The normalized spacial score (nSPS) is 18.7. The fraction of sp³-hybridized carbons (Fsp3) is 1.00. The molecule has 0 amide bonds. The highest BCUT2D eigenvalue weighted by Crippen LogP contribution is 2.47. The van der Waals surface area contributed by atoms with E-state index >= 15 is 0 Å². The van der Waals surface area contributed by atoms with Crippen LogP contribution >= 0.6 is 17.9 Å². The smallest absolute Gasteiger partial charge is 0.241 e. The first kappa shape index (κ1) is 12.9. The van der Waals surface area contributed by atoms with E-state index in [-0.39, 0.29) is 0 Å². The molecule has 0 saturated carbocycles. The molecular formula is C7H17O2PS2. The van der Waals surface area contributed by atoms with Crippen LogP contribution in [0.1, 0.15) is 33.1 Å². The van der Waals surface area contributed by atoms with E-state index < -0.39 is 5.69 Å². The van der Waals surface area contributed by atoms with Crippen LogP contribution in [0.15, 0.2) is 0 Å². The maximum Gasteiger partial charge on any atom is 0.241 e. The molecule has 0 rings (SSSR count). The van der Waals surface area contributed by atoms with Crippen molar-refractivity contribution >= 4 is 29.7 Å². The van der Waals surface area contributed by atoms with Gasteiger partial charge in [0.2, 0.25) is 5.69 Å². The van der Waals surface area contributed by atoms with Gasteiger partial charge in [-0.05, 0) is 24.1 Å². The molecule has 0 aromatic carbocycles. The minimum atomic E-state index is -2.73. The fourth-order valence-corrected chi connectivity index (χ4v) is 1.80. The molecule has 2 unspecified atom stereocenters.